The predicted molar refractivity (Wildman–Crippen MR) is 180 cm³/mol. The minimum atomic E-state index is -0.489. The van der Waals surface area contributed by atoms with Crippen molar-refractivity contribution in [1.29, 1.82) is 0 Å². The summed E-state index contributed by atoms with van der Waals surface area (Å²) in [5, 5.41) is 10.5. The Hall–Kier alpha value is -4.58. The zero-order chi connectivity index (χ0) is 30.9. The number of carbonyl (C=O) groups excluding carboxylic acids is 3. The number of anilines is 2. The molecule has 1 unspecified atom stereocenters. The minimum absolute atomic E-state index is 0.0704. The molecule has 0 spiro atoms. The lowest BCUT2D eigenvalue weighted by Crippen LogP contribution is -2.30. The van der Waals surface area contributed by atoms with E-state index in [1.54, 1.807) is 67.0 Å². The van der Waals surface area contributed by atoms with Gasteiger partial charge in [0.15, 0.2) is 5.13 Å². The quantitative estimate of drug-likeness (QED) is 0.104. The van der Waals surface area contributed by atoms with Gasteiger partial charge in [-0.05, 0) is 73.2 Å². The van der Waals surface area contributed by atoms with Crippen LogP contribution in [-0.4, -0.2) is 32.9 Å². The Bertz CT molecular complexity index is 1780. The monoisotopic (exact) mass is 683 g/mol. The van der Waals surface area contributed by atoms with E-state index in [9.17, 15) is 14.4 Å². The van der Waals surface area contributed by atoms with Crippen molar-refractivity contribution < 1.29 is 14.4 Å². The molecule has 3 N–H and O–H groups in total. The fourth-order valence-electron chi connectivity index (χ4n) is 3.93. The predicted octanol–water partition coefficient (Wildman–Crippen LogP) is 7.50. The molecule has 0 aliphatic rings. The fraction of sp³-hybridized carbons (Fsp3) is 0.0606. The highest BCUT2D eigenvalue weighted by molar-refractivity contribution is 9.10. The molecule has 0 aliphatic carbocycles. The molecule has 11 heteroatoms. The zero-order valence-corrected chi connectivity index (χ0v) is 26.6. The zero-order valence-electron chi connectivity index (χ0n) is 23.4. The van der Waals surface area contributed by atoms with Gasteiger partial charge >= 0.3 is 0 Å². The van der Waals surface area contributed by atoms with E-state index in [-0.39, 0.29) is 11.6 Å². The number of rotatable bonds is 10. The Morgan fingerprint density at radius 3 is 2.36 bits per heavy atom. The first-order valence-corrected chi connectivity index (χ1v) is 16.0. The van der Waals surface area contributed by atoms with Crippen LogP contribution in [-0.2, 0) is 9.59 Å². The van der Waals surface area contributed by atoms with Crippen molar-refractivity contribution in [3.8, 4) is 11.3 Å². The molecule has 0 aliphatic heterocycles. The number of halogens is 1. The Morgan fingerprint density at radius 1 is 0.909 bits per heavy atom. The normalized spacial score (nSPS) is 11.8. The summed E-state index contributed by atoms with van der Waals surface area (Å²) in [7, 11) is 0. The summed E-state index contributed by atoms with van der Waals surface area (Å²) in [6.07, 6.45) is 4.79. The first-order chi connectivity index (χ1) is 21.3. The van der Waals surface area contributed by atoms with Crippen molar-refractivity contribution in [3.63, 3.8) is 0 Å². The van der Waals surface area contributed by atoms with Crippen molar-refractivity contribution in [2.75, 3.05) is 10.6 Å². The lowest BCUT2D eigenvalue weighted by atomic mass is 10.2. The molecule has 0 fully saturated rings. The highest BCUT2D eigenvalue weighted by Gasteiger charge is 2.18. The van der Waals surface area contributed by atoms with Gasteiger partial charge in [-0.1, -0.05) is 52.3 Å². The lowest BCUT2D eigenvalue weighted by Gasteiger charge is -2.13. The van der Waals surface area contributed by atoms with Crippen LogP contribution in [0, 0.1) is 0 Å². The molecule has 0 saturated heterocycles. The summed E-state index contributed by atoms with van der Waals surface area (Å²) in [5.74, 6) is -1.06. The van der Waals surface area contributed by atoms with E-state index < -0.39 is 17.1 Å². The molecule has 2 aromatic heterocycles. The third kappa shape index (κ3) is 8.50. The highest BCUT2D eigenvalue weighted by Crippen LogP contribution is 2.29. The second-order valence-corrected chi connectivity index (χ2v) is 12.6. The van der Waals surface area contributed by atoms with Crippen LogP contribution in [0.3, 0.4) is 0 Å². The number of amides is 3. The van der Waals surface area contributed by atoms with Gasteiger partial charge in [0.05, 0.1) is 10.9 Å². The second-order valence-electron chi connectivity index (χ2n) is 9.44. The summed E-state index contributed by atoms with van der Waals surface area (Å²) >= 11 is 6.20. The molecule has 1 atom stereocenters. The summed E-state index contributed by atoms with van der Waals surface area (Å²) < 4.78 is 0.987. The molecule has 3 amide bonds. The number of nitrogens with one attached hydrogen (secondary N) is 3. The number of hydrogen-bond donors (Lipinski definition) is 3. The molecule has 0 saturated carbocycles. The van der Waals surface area contributed by atoms with Gasteiger partial charge in [0, 0.05) is 44.0 Å². The van der Waals surface area contributed by atoms with Crippen molar-refractivity contribution in [1.82, 2.24) is 15.3 Å². The minimum Gasteiger partial charge on any atom is -0.321 e. The van der Waals surface area contributed by atoms with Crippen LogP contribution in [0.5, 0.6) is 0 Å². The molecule has 8 nitrogen and oxygen atoms in total. The average Bonchev–Trinajstić information content (AvgIpc) is 3.51. The molecule has 3 aromatic carbocycles. The topological polar surface area (TPSA) is 113 Å². The number of carbonyl (C=O) groups is 3. The van der Waals surface area contributed by atoms with Crippen LogP contribution < -0.4 is 16.0 Å². The lowest BCUT2D eigenvalue weighted by molar-refractivity contribution is -0.115. The first kappa shape index (κ1) is 30.9. The van der Waals surface area contributed by atoms with Crippen molar-refractivity contribution in [2.45, 2.75) is 17.1 Å². The van der Waals surface area contributed by atoms with Gasteiger partial charge in [-0.15, -0.1) is 23.1 Å². The molecule has 0 bridgehead atoms. The highest BCUT2D eigenvalue weighted by atomic mass is 79.9. The molecular formula is C33H26BrN5O3S2. The van der Waals surface area contributed by atoms with Gasteiger partial charge in [-0.2, -0.15) is 0 Å². The number of hydrogen-bond acceptors (Lipinski definition) is 7. The largest absolute Gasteiger partial charge is 0.321 e. The van der Waals surface area contributed by atoms with Crippen molar-refractivity contribution in [3.05, 3.63) is 130 Å². The summed E-state index contributed by atoms with van der Waals surface area (Å²) in [5.41, 5.74) is 3.46. The first-order valence-electron chi connectivity index (χ1n) is 13.4. The van der Waals surface area contributed by atoms with Crippen molar-refractivity contribution in [2.24, 2.45) is 0 Å². The molecule has 5 rings (SSSR count). The number of benzene rings is 3. The van der Waals surface area contributed by atoms with Gasteiger partial charge in [0.1, 0.15) is 5.70 Å². The van der Waals surface area contributed by atoms with E-state index in [1.807, 2.05) is 54.8 Å². The van der Waals surface area contributed by atoms with E-state index in [0.29, 0.717) is 21.9 Å². The molecule has 44 heavy (non-hydrogen) atoms. The standard InChI is InChI=1S/C33H26BrN5O3S2/c1-21(30(40)39-33-38-29(20-43-33)23-9-11-25(34)12-10-23)44-27-15-13-26(14-16-27)36-32(42)28(18-22-6-5-17-35-19-22)37-31(41)24-7-3-2-4-8-24/h2-21H,1H3,(H,36,42)(H,37,41)(H,38,39,40)/b28-18-. The Morgan fingerprint density at radius 2 is 1.66 bits per heavy atom. The maximum absolute atomic E-state index is 13.2. The fourth-order valence-corrected chi connectivity index (χ4v) is 5.79. The van der Waals surface area contributed by atoms with Gasteiger partial charge in [-0.25, -0.2) is 4.98 Å². The van der Waals surface area contributed by atoms with E-state index >= 15 is 0 Å². The maximum atomic E-state index is 13.2. The van der Waals surface area contributed by atoms with Crippen LogP contribution in [0.2, 0.25) is 0 Å². The van der Waals surface area contributed by atoms with E-state index in [4.69, 9.17) is 0 Å². The molecule has 2 heterocycles. The van der Waals surface area contributed by atoms with Crippen LogP contribution >= 0.6 is 39.0 Å². The van der Waals surface area contributed by atoms with Crippen LogP contribution in [0.4, 0.5) is 10.8 Å². The third-order valence-electron chi connectivity index (χ3n) is 6.19. The molecule has 5 aromatic rings. The molecule has 0 radical (unpaired) electrons. The number of pyridine rings is 1. The van der Waals surface area contributed by atoms with E-state index in [1.165, 1.54) is 23.1 Å². The van der Waals surface area contributed by atoms with E-state index in [0.717, 1.165) is 20.6 Å². The number of thioether (sulfide) groups is 1. The Kier molecular flexibility index (Phi) is 10.3. The number of thiazole rings is 1. The second kappa shape index (κ2) is 14.7. The van der Waals surface area contributed by atoms with Gasteiger partial charge in [-0.3, -0.25) is 19.4 Å². The number of aromatic nitrogens is 2. The van der Waals surface area contributed by atoms with Gasteiger partial charge in [0.25, 0.3) is 11.8 Å². The van der Waals surface area contributed by atoms with Crippen molar-refractivity contribution >= 4 is 73.6 Å². The third-order valence-corrected chi connectivity index (χ3v) is 8.59. The SMILES string of the molecule is CC(Sc1ccc(NC(=O)/C(=C/c2cccnc2)NC(=O)c2ccccc2)cc1)C(=O)Nc1nc(-c2ccc(Br)cc2)cs1. The van der Waals surface area contributed by atoms with Gasteiger partial charge < -0.3 is 16.0 Å². The van der Waals surface area contributed by atoms with Crippen LogP contribution in [0.1, 0.15) is 22.8 Å². The van der Waals surface area contributed by atoms with Crippen LogP contribution in [0.25, 0.3) is 17.3 Å². The molecular weight excluding hydrogens is 658 g/mol. The maximum Gasteiger partial charge on any atom is 0.272 e. The Balaban J connectivity index is 1.20. The van der Waals surface area contributed by atoms with Gasteiger partial charge in [0.2, 0.25) is 5.91 Å². The van der Waals surface area contributed by atoms with Crippen LogP contribution in [0.15, 0.2) is 124 Å². The summed E-state index contributed by atoms with van der Waals surface area (Å²) in [6, 6.07) is 27.2. The summed E-state index contributed by atoms with van der Waals surface area (Å²) in [6.45, 7) is 1.82. The smallest absolute Gasteiger partial charge is 0.272 e. The average molecular weight is 685 g/mol. The van der Waals surface area contributed by atoms with E-state index in [2.05, 4.69) is 41.8 Å². The number of nitrogens with zero attached hydrogens (tertiary/aromatic N) is 2. The summed E-state index contributed by atoms with van der Waals surface area (Å²) in [4.78, 5) is 48.4. The molecule has 220 valence electrons. The Labute approximate surface area is 271 Å².